The number of sulfone groups is 1. The number of aldehydes is 1. The third-order valence-electron chi connectivity index (χ3n) is 3.53. The fourth-order valence-corrected chi connectivity index (χ4v) is 3.68. The zero-order chi connectivity index (χ0) is 16.3. The Morgan fingerprint density at radius 2 is 2.00 bits per heavy atom. The molecule has 5 nitrogen and oxygen atoms in total. The van der Waals surface area contributed by atoms with Crippen LogP contribution in [-0.2, 0) is 14.6 Å². The standard InChI is InChI=1S/C16H20N2O3S/c1-12-7-6-8-13-16(12)14(18(2)3)11-15(17-13)22(20,21)10-5-4-9-19/h6-9,11H,4-5,10H2,1-3H3. The van der Waals surface area contributed by atoms with Gasteiger partial charge in [0.15, 0.2) is 14.9 Å². The first-order valence-electron chi connectivity index (χ1n) is 7.11. The van der Waals surface area contributed by atoms with Gasteiger partial charge in [0.25, 0.3) is 0 Å². The van der Waals surface area contributed by atoms with Crippen LogP contribution in [0, 0.1) is 6.92 Å². The van der Waals surface area contributed by atoms with Crippen LogP contribution >= 0.6 is 0 Å². The summed E-state index contributed by atoms with van der Waals surface area (Å²) in [5.41, 5.74) is 2.55. The Bertz CT molecular complexity index is 798. The van der Waals surface area contributed by atoms with E-state index in [0.29, 0.717) is 11.9 Å². The van der Waals surface area contributed by atoms with Crippen molar-refractivity contribution in [3.05, 3.63) is 29.8 Å². The number of fused-ring (bicyclic) bond motifs is 1. The Morgan fingerprint density at radius 1 is 1.27 bits per heavy atom. The van der Waals surface area contributed by atoms with E-state index in [1.165, 1.54) is 0 Å². The van der Waals surface area contributed by atoms with E-state index in [2.05, 4.69) is 4.98 Å². The van der Waals surface area contributed by atoms with Crippen molar-refractivity contribution >= 4 is 32.7 Å². The van der Waals surface area contributed by atoms with E-state index >= 15 is 0 Å². The van der Waals surface area contributed by atoms with Crippen molar-refractivity contribution in [2.24, 2.45) is 0 Å². The van der Waals surface area contributed by atoms with Crippen LogP contribution in [0.15, 0.2) is 29.3 Å². The maximum Gasteiger partial charge on any atom is 0.195 e. The topological polar surface area (TPSA) is 67.3 Å². The summed E-state index contributed by atoms with van der Waals surface area (Å²) in [6.07, 6.45) is 1.29. The third kappa shape index (κ3) is 3.27. The van der Waals surface area contributed by atoms with Crippen LogP contribution in [0.2, 0.25) is 0 Å². The van der Waals surface area contributed by atoms with Crippen LogP contribution < -0.4 is 4.90 Å². The van der Waals surface area contributed by atoms with Crippen molar-refractivity contribution in [2.75, 3.05) is 24.7 Å². The lowest BCUT2D eigenvalue weighted by molar-refractivity contribution is -0.107. The fraction of sp³-hybridized carbons (Fsp3) is 0.375. The van der Waals surface area contributed by atoms with Crippen LogP contribution in [0.4, 0.5) is 5.69 Å². The Hall–Kier alpha value is -1.95. The van der Waals surface area contributed by atoms with Gasteiger partial charge in [-0.25, -0.2) is 13.4 Å². The number of aromatic nitrogens is 1. The molecule has 1 heterocycles. The van der Waals surface area contributed by atoms with Crippen LogP contribution in [-0.4, -0.2) is 39.5 Å². The first-order valence-corrected chi connectivity index (χ1v) is 8.76. The molecule has 0 saturated heterocycles. The minimum atomic E-state index is -3.49. The van der Waals surface area contributed by atoms with Crippen LogP contribution in [0.5, 0.6) is 0 Å². The molecule has 0 fully saturated rings. The van der Waals surface area contributed by atoms with Gasteiger partial charge in [0.05, 0.1) is 11.3 Å². The maximum atomic E-state index is 12.4. The fourth-order valence-electron chi connectivity index (χ4n) is 2.39. The highest BCUT2D eigenvalue weighted by Gasteiger charge is 2.19. The Morgan fingerprint density at radius 3 is 2.64 bits per heavy atom. The van der Waals surface area contributed by atoms with E-state index in [1.807, 2.05) is 44.1 Å². The molecule has 0 unspecified atom stereocenters. The van der Waals surface area contributed by atoms with Gasteiger partial charge in [-0.1, -0.05) is 12.1 Å². The van der Waals surface area contributed by atoms with Crippen LogP contribution in [0.1, 0.15) is 18.4 Å². The number of carbonyl (C=O) groups is 1. The largest absolute Gasteiger partial charge is 0.377 e. The summed E-state index contributed by atoms with van der Waals surface area (Å²) < 4.78 is 24.8. The number of hydrogen-bond donors (Lipinski definition) is 0. The molecule has 22 heavy (non-hydrogen) atoms. The smallest absolute Gasteiger partial charge is 0.195 e. The molecule has 1 aromatic heterocycles. The highest BCUT2D eigenvalue weighted by molar-refractivity contribution is 7.91. The summed E-state index contributed by atoms with van der Waals surface area (Å²) in [7, 11) is 0.268. The lowest BCUT2D eigenvalue weighted by Gasteiger charge is -2.18. The minimum Gasteiger partial charge on any atom is -0.377 e. The number of nitrogens with zero attached hydrogens (tertiary/aromatic N) is 2. The number of carbonyl (C=O) groups excluding carboxylic acids is 1. The third-order valence-corrected chi connectivity index (χ3v) is 5.21. The molecule has 2 aromatic rings. The van der Waals surface area contributed by atoms with Crippen molar-refractivity contribution in [3.63, 3.8) is 0 Å². The molecule has 118 valence electrons. The van der Waals surface area contributed by atoms with E-state index in [1.54, 1.807) is 6.07 Å². The Kier molecular flexibility index (Phi) is 4.81. The molecule has 0 saturated carbocycles. The molecular formula is C16H20N2O3S. The van der Waals surface area contributed by atoms with E-state index in [0.717, 1.165) is 22.9 Å². The summed E-state index contributed by atoms with van der Waals surface area (Å²) in [4.78, 5) is 16.6. The molecule has 0 radical (unpaired) electrons. The molecule has 0 spiro atoms. The maximum absolute atomic E-state index is 12.4. The lowest BCUT2D eigenvalue weighted by atomic mass is 10.1. The molecule has 0 N–H and O–H groups in total. The quantitative estimate of drug-likeness (QED) is 0.604. The first kappa shape index (κ1) is 16.4. The van der Waals surface area contributed by atoms with Gasteiger partial charge < -0.3 is 9.69 Å². The van der Waals surface area contributed by atoms with E-state index in [9.17, 15) is 13.2 Å². The monoisotopic (exact) mass is 320 g/mol. The Labute approximate surface area is 130 Å². The number of aryl methyl sites for hydroxylation is 1. The summed E-state index contributed by atoms with van der Waals surface area (Å²) in [5.74, 6) is -0.0665. The van der Waals surface area contributed by atoms with Crippen molar-refractivity contribution in [3.8, 4) is 0 Å². The van der Waals surface area contributed by atoms with Gasteiger partial charge >= 0.3 is 0 Å². The van der Waals surface area contributed by atoms with Crippen molar-refractivity contribution in [1.82, 2.24) is 4.98 Å². The predicted molar refractivity (Wildman–Crippen MR) is 88.2 cm³/mol. The first-order chi connectivity index (χ1) is 10.4. The molecule has 2 rings (SSSR count). The SMILES string of the molecule is Cc1cccc2nc(S(=O)(=O)CCCC=O)cc(N(C)C)c12. The normalized spacial score (nSPS) is 11.6. The molecule has 0 aliphatic carbocycles. The predicted octanol–water partition coefficient (Wildman–Crippen LogP) is 2.36. The van der Waals surface area contributed by atoms with E-state index < -0.39 is 9.84 Å². The lowest BCUT2D eigenvalue weighted by Crippen LogP contribution is -2.14. The Balaban J connectivity index is 2.59. The zero-order valence-electron chi connectivity index (χ0n) is 13.0. The highest BCUT2D eigenvalue weighted by atomic mass is 32.2. The van der Waals surface area contributed by atoms with Crippen molar-refractivity contribution < 1.29 is 13.2 Å². The molecule has 0 amide bonds. The molecule has 0 aliphatic heterocycles. The zero-order valence-corrected chi connectivity index (χ0v) is 13.9. The van der Waals surface area contributed by atoms with Gasteiger partial charge in [0.2, 0.25) is 0 Å². The molecule has 1 aromatic carbocycles. The summed E-state index contributed by atoms with van der Waals surface area (Å²) in [5, 5.41) is 1.03. The summed E-state index contributed by atoms with van der Waals surface area (Å²) in [6.45, 7) is 1.98. The molecule has 6 heteroatoms. The molecule has 0 atom stereocenters. The van der Waals surface area contributed by atoms with E-state index in [4.69, 9.17) is 0 Å². The molecular weight excluding hydrogens is 300 g/mol. The van der Waals surface area contributed by atoms with Gasteiger partial charge in [-0.2, -0.15) is 0 Å². The second-order valence-corrected chi connectivity index (χ2v) is 7.53. The average Bonchev–Trinajstić information content (AvgIpc) is 2.46. The second kappa shape index (κ2) is 6.44. The summed E-state index contributed by atoms with van der Waals surface area (Å²) in [6, 6.07) is 7.29. The number of anilines is 1. The van der Waals surface area contributed by atoms with Gasteiger partial charge in [0, 0.05) is 31.6 Å². The number of rotatable bonds is 6. The van der Waals surface area contributed by atoms with Crippen LogP contribution in [0.25, 0.3) is 10.9 Å². The minimum absolute atomic E-state index is 0.0665. The number of benzene rings is 1. The number of pyridine rings is 1. The van der Waals surface area contributed by atoms with Gasteiger partial charge in [-0.15, -0.1) is 0 Å². The summed E-state index contributed by atoms with van der Waals surface area (Å²) >= 11 is 0. The van der Waals surface area contributed by atoms with Crippen molar-refractivity contribution in [1.29, 1.82) is 0 Å². The van der Waals surface area contributed by atoms with E-state index in [-0.39, 0.29) is 17.2 Å². The highest BCUT2D eigenvalue weighted by Crippen LogP contribution is 2.30. The van der Waals surface area contributed by atoms with Crippen LogP contribution in [0.3, 0.4) is 0 Å². The van der Waals surface area contributed by atoms with Gasteiger partial charge in [-0.05, 0) is 31.0 Å². The van der Waals surface area contributed by atoms with Gasteiger partial charge in [-0.3, -0.25) is 0 Å². The average molecular weight is 320 g/mol. The van der Waals surface area contributed by atoms with Gasteiger partial charge in [0.1, 0.15) is 6.29 Å². The molecule has 0 bridgehead atoms. The second-order valence-electron chi connectivity index (χ2n) is 5.47. The number of unbranched alkanes of at least 4 members (excludes halogenated alkanes) is 1. The molecule has 0 aliphatic rings. The number of hydrogen-bond acceptors (Lipinski definition) is 5. The van der Waals surface area contributed by atoms with Crippen molar-refractivity contribution in [2.45, 2.75) is 24.8 Å².